The highest BCUT2D eigenvalue weighted by Crippen LogP contribution is 2.28. The van der Waals surface area contributed by atoms with E-state index < -0.39 is 11.9 Å². The van der Waals surface area contributed by atoms with Crippen molar-refractivity contribution in [1.29, 1.82) is 0 Å². The third-order valence-corrected chi connectivity index (χ3v) is 10.3. The Bertz CT molecular complexity index is 1600. The predicted octanol–water partition coefficient (Wildman–Crippen LogP) is 3.36. The molecule has 1 aliphatic heterocycles. The zero-order valence-electron chi connectivity index (χ0n) is 35.8. The van der Waals surface area contributed by atoms with Crippen LogP contribution in [0.25, 0.3) is 10.9 Å². The molecule has 0 saturated carbocycles. The van der Waals surface area contributed by atoms with Gasteiger partial charge in [-0.25, -0.2) is 4.79 Å². The molecule has 0 bridgehead atoms. The number of ether oxygens (including phenoxy) is 7. The molecule has 1 saturated heterocycles. The molecule has 2 N–H and O–H groups in total. The van der Waals surface area contributed by atoms with Crippen molar-refractivity contribution in [2.45, 2.75) is 59.8 Å². The molecule has 1 aromatic heterocycles. The van der Waals surface area contributed by atoms with Crippen molar-refractivity contribution in [3.8, 4) is 5.75 Å². The first-order valence-corrected chi connectivity index (χ1v) is 21.7. The van der Waals surface area contributed by atoms with Gasteiger partial charge in [0.2, 0.25) is 11.8 Å². The van der Waals surface area contributed by atoms with Crippen LogP contribution in [0.1, 0.15) is 58.3 Å². The molecule has 2 amide bonds. The first-order valence-electron chi connectivity index (χ1n) is 20.6. The summed E-state index contributed by atoms with van der Waals surface area (Å²) in [6.45, 7) is 17.0. The fourth-order valence-electron chi connectivity index (χ4n) is 5.63. The number of amides is 2. The third-order valence-electron chi connectivity index (χ3n) is 8.96. The van der Waals surface area contributed by atoms with Crippen LogP contribution in [0, 0.1) is 17.8 Å². The Balaban J connectivity index is 1.50. The number of aromatic nitrogens is 1. The van der Waals surface area contributed by atoms with Crippen LogP contribution in [0.4, 0.5) is 0 Å². The number of rotatable bonds is 31. The highest BCUT2D eigenvalue weighted by Gasteiger charge is 2.24. The number of fused-ring (bicyclic) bond motifs is 1. The van der Waals surface area contributed by atoms with Crippen LogP contribution in [0.15, 0.2) is 24.4 Å². The lowest BCUT2D eigenvalue weighted by molar-refractivity contribution is -0.146. The minimum Gasteiger partial charge on any atom is -0.492 e. The number of likely N-dealkylation sites (tertiary alicyclic amines) is 1. The van der Waals surface area contributed by atoms with E-state index in [0.29, 0.717) is 59.2 Å². The molecular weight excluding hydrogens is 785 g/mol. The van der Waals surface area contributed by atoms with E-state index in [-0.39, 0.29) is 102 Å². The van der Waals surface area contributed by atoms with Gasteiger partial charge in [0.15, 0.2) is 0 Å². The highest BCUT2D eigenvalue weighted by molar-refractivity contribution is 8.00. The van der Waals surface area contributed by atoms with E-state index in [2.05, 4.69) is 15.5 Å². The van der Waals surface area contributed by atoms with E-state index >= 15 is 0 Å². The van der Waals surface area contributed by atoms with Gasteiger partial charge in [-0.1, -0.05) is 41.5 Å². The molecule has 2 aromatic rings. The molecule has 59 heavy (non-hydrogen) atoms. The van der Waals surface area contributed by atoms with Crippen LogP contribution in [-0.2, 0) is 54.1 Å². The van der Waals surface area contributed by atoms with Crippen LogP contribution in [0.3, 0.4) is 0 Å². The lowest BCUT2D eigenvalue weighted by Crippen LogP contribution is -2.31. The van der Waals surface area contributed by atoms with Gasteiger partial charge in [-0.15, -0.1) is 11.8 Å². The quantitative estimate of drug-likeness (QED) is 0.0833. The molecule has 2 heterocycles. The van der Waals surface area contributed by atoms with Crippen molar-refractivity contribution in [1.82, 2.24) is 20.1 Å². The number of benzene rings is 1. The molecular formula is C42H66N4O12S. The summed E-state index contributed by atoms with van der Waals surface area (Å²) < 4.78 is 40.3. The average Bonchev–Trinajstić information content (AvgIpc) is 3.81. The van der Waals surface area contributed by atoms with Crippen LogP contribution in [0.5, 0.6) is 5.75 Å². The molecule has 1 aromatic carbocycles. The minimum absolute atomic E-state index is 0.0166. The third kappa shape index (κ3) is 20.4. The Kier molecular flexibility index (Phi) is 23.5. The van der Waals surface area contributed by atoms with E-state index in [0.717, 1.165) is 26.1 Å². The lowest BCUT2D eigenvalue weighted by Gasteiger charge is -2.16. The number of ketones is 1. The Morgan fingerprint density at radius 2 is 1.36 bits per heavy atom. The zero-order chi connectivity index (χ0) is 43.0. The van der Waals surface area contributed by atoms with Crippen molar-refractivity contribution in [3.63, 3.8) is 0 Å². The van der Waals surface area contributed by atoms with E-state index in [1.165, 1.54) is 0 Å². The van der Waals surface area contributed by atoms with Gasteiger partial charge in [-0.05, 0) is 43.0 Å². The molecule has 332 valence electrons. The van der Waals surface area contributed by atoms with Gasteiger partial charge in [0.25, 0.3) is 0 Å². The van der Waals surface area contributed by atoms with Crippen LogP contribution in [0.2, 0.25) is 0 Å². The number of nitrogens with one attached hydrogen (secondary N) is 2. The van der Waals surface area contributed by atoms with Crippen LogP contribution >= 0.6 is 11.8 Å². The number of carbonyl (C=O) groups is 5. The Morgan fingerprint density at radius 3 is 1.97 bits per heavy atom. The molecule has 0 aliphatic carbocycles. The zero-order valence-corrected chi connectivity index (χ0v) is 36.6. The fraction of sp³-hybridized carbons (Fsp3) is 0.690. The van der Waals surface area contributed by atoms with Gasteiger partial charge in [-0.3, -0.25) is 24.1 Å². The summed E-state index contributed by atoms with van der Waals surface area (Å²) in [4.78, 5) is 64.1. The first-order chi connectivity index (χ1) is 28.3. The molecule has 1 aliphatic rings. The number of hydrogen-bond acceptors (Lipinski definition) is 14. The molecule has 1 atom stereocenters. The Morgan fingerprint density at radius 1 is 0.763 bits per heavy atom. The molecule has 1 fully saturated rings. The summed E-state index contributed by atoms with van der Waals surface area (Å²) in [5.41, 5.74) is 0.874. The standard InChI is InChI=1S/C42H66N4O12S/c1-30(2)22-43-39(48)27-54-15-13-52-17-19-57-41(50)26-46-25-36(42(51)58-20-18-53-14-16-55-28-40(49)44-23-31(3)4)35-21-33(7-8-37(35)46)56-12-11-45-10-9-34(24-45)59-29-38(47)32(5)6/h7-8,21,25,30-32,34H,9-20,22-24,26-29H2,1-6H3,(H,43,48)(H,44,49). The second kappa shape index (κ2) is 27.9. The van der Waals surface area contributed by atoms with E-state index in [4.69, 9.17) is 33.2 Å². The number of esters is 2. The summed E-state index contributed by atoms with van der Waals surface area (Å²) in [5, 5.41) is 6.54. The van der Waals surface area contributed by atoms with Gasteiger partial charge < -0.3 is 48.4 Å². The summed E-state index contributed by atoms with van der Waals surface area (Å²) >= 11 is 1.73. The van der Waals surface area contributed by atoms with Gasteiger partial charge >= 0.3 is 11.9 Å². The molecule has 1 unspecified atom stereocenters. The van der Waals surface area contributed by atoms with Crippen molar-refractivity contribution in [2.24, 2.45) is 17.8 Å². The Labute approximate surface area is 353 Å². The van der Waals surface area contributed by atoms with Crippen molar-refractivity contribution in [3.05, 3.63) is 30.0 Å². The van der Waals surface area contributed by atoms with E-state index in [1.54, 1.807) is 40.7 Å². The summed E-state index contributed by atoms with van der Waals surface area (Å²) in [5.74, 6) is 0.661. The molecule has 3 rings (SSSR count). The molecule has 16 nitrogen and oxygen atoms in total. The topological polar surface area (TPSA) is 182 Å². The number of thioether (sulfide) groups is 1. The SMILES string of the molecule is CC(C)CNC(=O)COCCOCCOC(=O)Cn1cc(C(=O)OCCOCCOCC(=O)NCC(C)C)c2cc(OCCN3CCC(SCC(=O)C(C)C)C3)ccc21. The lowest BCUT2D eigenvalue weighted by atomic mass is 10.1. The second-order valence-corrected chi connectivity index (χ2v) is 16.7. The maximum absolute atomic E-state index is 13.4. The number of nitrogens with zero attached hydrogens (tertiary/aromatic N) is 2. The first kappa shape index (κ1) is 49.6. The number of carbonyl (C=O) groups excluding carboxylic acids is 5. The van der Waals surface area contributed by atoms with Gasteiger partial charge in [0.05, 0.1) is 51.0 Å². The maximum atomic E-state index is 13.4. The van der Waals surface area contributed by atoms with Crippen LogP contribution in [-0.4, -0.2) is 155 Å². The molecule has 0 radical (unpaired) electrons. The highest BCUT2D eigenvalue weighted by atomic mass is 32.2. The number of hydrogen-bond donors (Lipinski definition) is 2. The summed E-state index contributed by atoms with van der Waals surface area (Å²) in [6, 6.07) is 5.36. The van der Waals surface area contributed by atoms with Gasteiger partial charge in [-0.2, -0.15) is 0 Å². The van der Waals surface area contributed by atoms with Gasteiger partial charge in [0.1, 0.15) is 51.1 Å². The average molecular weight is 851 g/mol. The monoisotopic (exact) mass is 850 g/mol. The van der Waals surface area contributed by atoms with E-state index in [1.807, 2.05) is 41.5 Å². The smallest absolute Gasteiger partial charge is 0.340 e. The maximum Gasteiger partial charge on any atom is 0.340 e. The van der Waals surface area contributed by atoms with Crippen molar-refractivity contribution in [2.75, 3.05) is 111 Å². The van der Waals surface area contributed by atoms with Crippen molar-refractivity contribution < 1.29 is 57.1 Å². The van der Waals surface area contributed by atoms with Crippen molar-refractivity contribution >= 4 is 52.2 Å². The normalized spacial score (nSPS) is 14.4. The summed E-state index contributed by atoms with van der Waals surface area (Å²) in [7, 11) is 0. The predicted molar refractivity (Wildman–Crippen MR) is 225 cm³/mol. The molecule has 17 heteroatoms. The fourth-order valence-corrected chi connectivity index (χ4v) is 6.95. The van der Waals surface area contributed by atoms with Crippen LogP contribution < -0.4 is 15.4 Å². The minimum atomic E-state index is -0.592. The van der Waals surface area contributed by atoms with Gasteiger partial charge in [0, 0.05) is 54.4 Å². The Hall–Kier alpha value is -3.74. The summed E-state index contributed by atoms with van der Waals surface area (Å²) in [6.07, 6.45) is 2.59. The van der Waals surface area contributed by atoms with E-state index in [9.17, 15) is 24.0 Å². The number of Topliss-reactive ketones (excluding diaryl/α,β-unsaturated/α-hetero) is 1. The second-order valence-electron chi connectivity index (χ2n) is 15.4. The molecule has 0 spiro atoms. The largest absolute Gasteiger partial charge is 0.492 e.